The van der Waals surface area contributed by atoms with Crippen molar-refractivity contribution < 1.29 is 9.53 Å². The number of aryl methyl sites for hydroxylation is 2. The fourth-order valence-corrected chi connectivity index (χ4v) is 4.55. The first-order valence-corrected chi connectivity index (χ1v) is 10.8. The van der Waals surface area contributed by atoms with Crippen LogP contribution in [0.1, 0.15) is 42.0 Å². The highest BCUT2D eigenvalue weighted by Gasteiger charge is 2.23. The fourth-order valence-electron chi connectivity index (χ4n) is 4.55. The van der Waals surface area contributed by atoms with E-state index in [4.69, 9.17) is 4.74 Å². The van der Waals surface area contributed by atoms with E-state index >= 15 is 0 Å². The molecule has 29 heavy (non-hydrogen) atoms. The molecule has 1 aliphatic heterocycles. The Kier molecular flexibility index (Phi) is 6.30. The Labute approximate surface area is 173 Å². The summed E-state index contributed by atoms with van der Waals surface area (Å²) in [5.74, 6) is 0. The number of nitrogens with one attached hydrogen (secondary N) is 1. The van der Waals surface area contributed by atoms with Crippen molar-refractivity contribution >= 4 is 11.7 Å². The lowest BCUT2D eigenvalue weighted by Crippen LogP contribution is -2.38. The summed E-state index contributed by atoms with van der Waals surface area (Å²) >= 11 is 0. The molecular weight excluding hydrogens is 360 g/mol. The SMILES string of the molecule is CCOC(=O)NCCN1CCC(=C2c3ccccc3CCc3ccccc32)CC1. The predicted octanol–water partition coefficient (Wildman–Crippen LogP) is 4.43. The summed E-state index contributed by atoms with van der Waals surface area (Å²) in [6, 6.07) is 17.8. The number of amides is 1. The summed E-state index contributed by atoms with van der Waals surface area (Å²) in [4.78, 5) is 13.9. The monoisotopic (exact) mass is 390 g/mol. The van der Waals surface area contributed by atoms with Gasteiger partial charge in [0.25, 0.3) is 0 Å². The molecule has 4 nitrogen and oxygen atoms in total. The highest BCUT2D eigenvalue weighted by molar-refractivity contribution is 5.86. The van der Waals surface area contributed by atoms with Gasteiger partial charge in [-0.25, -0.2) is 4.79 Å². The minimum Gasteiger partial charge on any atom is -0.450 e. The van der Waals surface area contributed by atoms with Gasteiger partial charge in [-0.05, 0) is 60.4 Å². The molecule has 4 rings (SSSR count). The van der Waals surface area contributed by atoms with Crippen LogP contribution in [0.3, 0.4) is 0 Å². The van der Waals surface area contributed by atoms with Crippen LogP contribution < -0.4 is 5.32 Å². The van der Waals surface area contributed by atoms with Gasteiger partial charge in [-0.3, -0.25) is 0 Å². The lowest BCUT2D eigenvalue weighted by atomic mass is 9.86. The van der Waals surface area contributed by atoms with Crippen molar-refractivity contribution in [3.63, 3.8) is 0 Å². The van der Waals surface area contributed by atoms with Gasteiger partial charge in [0, 0.05) is 26.2 Å². The van der Waals surface area contributed by atoms with Crippen LogP contribution in [0.15, 0.2) is 54.1 Å². The van der Waals surface area contributed by atoms with Crippen molar-refractivity contribution in [2.75, 3.05) is 32.8 Å². The summed E-state index contributed by atoms with van der Waals surface area (Å²) < 4.78 is 4.93. The molecule has 1 aliphatic carbocycles. The third-order valence-electron chi connectivity index (χ3n) is 6.02. The molecule has 0 radical (unpaired) electrons. The number of nitrogens with zero attached hydrogens (tertiary/aromatic N) is 1. The molecule has 1 heterocycles. The van der Waals surface area contributed by atoms with Crippen molar-refractivity contribution in [1.29, 1.82) is 0 Å². The van der Waals surface area contributed by atoms with Crippen LogP contribution in [0.2, 0.25) is 0 Å². The summed E-state index contributed by atoms with van der Waals surface area (Å²) in [5.41, 5.74) is 8.81. The Hall–Kier alpha value is -2.59. The van der Waals surface area contributed by atoms with Crippen LogP contribution in [0.5, 0.6) is 0 Å². The topological polar surface area (TPSA) is 41.6 Å². The molecule has 2 aliphatic rings. The molecular formula is C25H30N2O2. The molecule has 0 saturated carbocycles. The molecule has 1 fully saturated rings. The number of ether oxygens (including phenoxy) is 1. The molecule has 0 atom stereocenters. The van der Waals surface area contributed by atoms with E-state index in [2.05, 4.69) is 58.7 Å². The van der Waals surface area contributed by atoms with E-state index in [-0.39, 0.29) is 6.09 Å². The molecule has 1 amide bonds. The zero-order valence-corrected chi connectivity index (χ0v) is 17.2. The van der Waals surface area contributed by atoms with Gasteiger partial charge in [-0.1, -0.05) is 54.1 Å². The zero-order valence-electron chi connectivity index (χ0n) is 17.2. The molecule has 2 aromatic rings. The van der Waals surface area contributed by atoms with Crippen molar-refractivity contribution in [3.05, 3.63) is 76.4 Å². The van der Waals surface area contributed by atoms with Crippen LogP contribution in [-0.2, 0) is 17.6 Å². The van der Waals surface area contributed by atoms with Gasteiger partial charge in [0.1, 0.15) is 0 Å². The number of hydrogen-bond acceptors (Lipinski definition) is 3. The molecule has 0 unspecified atom stereocenters. The average molecular weight is 391 g/mol. The van der Waals surface area contributed by atoms with Crippen LogP contribution in [-0.4, -0.2) is 43.8 Å². The van der Waals surface area contributed by atoms with Gasteiger partial charge >= 0.3 is 6.09 Å². The molecule has 1 saturated heterocycles. The molecule has 0 aromatic heterocycles. The van der Waals surface area contributed by atoms with Crippen LogP contribution in [0, 0.1) is 0 Å². The lowest BCUT2D eigenvalue weighted by Gasteiger charge is -2.30. The Balaban J connectivity index is 1.52. The van der Waals surface area contributed by atoms with E-state index < -0.39 is 0 Å². The van der Waals surface area contributed by atoms with E-state index in [1.807, 2.05) is 6.92 Å². The third kappa shape index (κ3) is 4.54. The fraction of sp³-hybridized carbons (Fsp3) is 0.400. The summed E-state index contributed by atoms with van der Waals surface area (Å²) in [5, 5.41) is 2.82. The van der Waals surface area contributed by atoms with E-state index in [1.54, 1.807) is 5.57 Å². The number of rotatable bonds is 4. The Bertz CT molecular complexity index is 844. The van der Waals surface area contributed by atoms with Crippen molar-refractivity contribution in [2.24, 2.45) is 0 Å². The molecule has 4 heteroatoms. The van der Waals surface area contributed by atoms with Crippen molar-refractivity contribution in [2.45, 2.75) is 32.6 Å². The number of likely N-dealkylation sites (tertiary alicyclic amines) is 1. The number of piperidine rings is 1. The van der Waals surface area contributed by atoms with Gasteiger partial charge in [0.15, 0.2) is 0 Å². The Morgan fingerprint density at radius 3 is 2.10 bits per heavy atom. The maximum Gasteiger partial charge on any atom is 0.407 e. The van der Waals surface area contributed by atoms with Gasteiger partial charge in [0.2, 0.25) is 0 Å². The van der Waals surface area contributed by atoms with Crippen LogP contribution in [0.25, 0.3) is 5.57 Å². The molecule has 152 valence electrons. The first kappa shape index (κ1) is 19.7. The lowest BCUT2D eigenvalue weighted by molar-refractivity contribution is 0.150. The summed E-state index contributed by atoms with van der Waals surface area (Å²) in [6.07, 6.45) is 4.05. The number of carbonyl (C=O) groups is 1. The maximum atomic E-state index is 11.5. The second-order valence-electron chi connectivity index (χ2n) is 7.78. The van der Waals surface area contributed by atoms with E-state index in [0.29, 0.717) is 13.2 Å². The number of carbonyl (C=O) groups excluding carboxylic acids is 1. The second-order valence-corrected chi connectivity index (χ2v) is 7.78. The van der Waals surface area contributed by atoms with E-state index in [9.17, 15) is 4.79 Å². The summed E-state index contributed by atoms with van der Waals surface area (Å²) in [7, 11) is 0. The number of alkyl carbamates (subject to hydrolysis) is 1. The normalized spacial score (nSPS) is 16.6. The van der Waals surface area contributed by atoms with Crippen molar-refractivity contribution in [3.8, 4) is 0 Å². The first-order valence-electron chi connectivity index (χ1n) is 10.8. The molecule has 0 spiro atoms. The van der Waals surface area contributed by atoms with Gasteiger partial charge < -0.3 is 15.0 Å². The Morgan fingerprint density at radius 2 is 1.52 bits per heavy atom. The standard InChI is InChI=1S/C25H30N2O2/c1-2-29-25(28)26-15-18-27-16-13-21(14-17-27)24-22-9-5-3-7-19(22)11-12-20-8-4-6-10-23(20)24/h3-10H,2,11-18H2,1H3,(H,26,28). The molecule has 1 N–H and O–H groups in total. The van der Waals surface area contributed by atoms with Gasteiger partial charge in [-0.15, -0.1) is 0 Å². The maximum absolute atomic E-state index is 11.5. The van der Waals surface area contributed by atoms with Gasteiger partial charge in [0.05, 0.1) is 6.61 Å². The molecule has 0 bridgehead atoms. The van der Waals surface area contributed by atoms with Crippen LogP contribution in [0.4, 0.5) is 4.79 Å². The quantitative estimate of drug-likeness (QED) is 0.840. The Morgan fingerprint density at radius 1 is 0.931 bits per heavy atom. The zero-order chi connectivity index (χ0) is 20.1. The smallest absolute Gasteiger partial charge is 0.407 e. The number of fused-ring (bicyclic) bond motifs is 2. The number of benzene rings is 2. The van der Waals surface area contributed by atoms with E-state index in [0.717, 1.165) is 45.3 Å². The van der Waals surface area contributed by atoms with Gasteiger partial charge in [-0.2, -0.15) is 0 Å². The number of hydrogen-bond donors (Lipinski definition) is 1. The summed E-state index contributed by atoms with van der Waals surface area (Å²) in [6.45, 7) is 5.81. The minimum absolute atomic E-state index is 0.320. The van der Waals surface area contributed by atoms with E-state index in [1.165, 1.54) is 27.8 Å². The third-order valence-corrected chi connectivity index (χ3v) is 6.02. The first-order chi connectivity index (χ1) is 14.3. The minimum atomic E-state index is -0.320. The average Bonchev–Trinajstić information content (AvgIpc) is 2.92. The molecule has 2 aromatic carbocycles. The highest BCUT2D eigenvalue weighted by Crippen LogP contribution is 2.38. The largest absolute Gasteiger partial charge is 0.450 e. The second kappa shape index (κ2) is 9.27. The highest BCUT2D eigenvalue weighted by atomic mass is 16.5. The van der Waals surface area contributed by atoms with Crippen LogP contribution >= 0.6 is 0 Å². The van der Waals surface area contributed by atoms with Crippen molar-refractivity contribution in [1.82, 2.24) is 10.2 Å². The predicted molar refractivity (Wildman–Crippen MR) is 117 cm³/mol.